The van der Waals surface area contributed by atoms with Crippen LogP contribution in [-0.4, -0.2) is 66.4 Å². The maximum atomic E-state index is 12.7. The molecule has 4 rings (SSSR count). The Morgan fingerprint density at radius 3 is 2.33 bits per heavy atom. The third-order valence-electron chi connectivity index (χ3n) is 5.81. The first-order chi connectivity index (χ1) is 11.6. The summed E-state index contributed by atoms with van der Waals surface area (Å²) in [4.78, 5) is 19.8. The number of piperazine rings is 1. The number of β-lactam (4-membered cyclic amide) rings is 1. The summed E-state index contributed by atoms with van der Waals surface area (Å²) in [6.07, 6.45) is 2.87. The van der Waals surface area contributed by atoms with Crippen molar-refractivity contribution < 1.29 is 4.79 Å². The van der Waals surface area contributed by atoms with E-state index in [2.05, 4.69) is 28.9 Å². The highest BCUT2D eigenvalue weighted by atomic mass is 16.2. The van der Waals surface area contributed by atoms with Gasteiger partial charge in [-0.1, -0.05) is 30.3 Å². The molecule has 4 heteroatoms. The van der Waals surface area contributed by atoms with Crippen LogP contribution in [0.3, 0.4) is 0 Å². The van der Waals surface area contributed by atoms with E-state index in [0.717, 1.165) is 38.6 Å². The molecule has 1 unspecified atom stereocenters. The van der Waals surface area contributed by atoms with Gasteiger partial charge in [-0.3, -0.25) is 9.69 Å². The Morgan fingerprint density at radius 1 is 1.04 bits per heavy atom. The summed E-state index contributed by atoms with van der Waals surface area (Å²) in [5.74, 6) is 1.31. The highest BCUT2D eigenvalue weighted by Gasteiger charge is 2.48. The number of hydrogen-bond acceptors (Lipinski definition) is 3. The Kier molecular flexibility index (Phi) is 4.35. The van der Waals surface area contributed by atoms with Gasteiger partial charge in [0, 0.05) is 52.4 Å². The van der Waals surface area contributed by atoms with Crippen molar-refractivity contribution in [1.82, 2.24) is 14.7 Å². The molecule has 1 aromatic carbocycles. The summed E-state index contributed by atoms with van der Waals surface area (Å²) in [6.45, 7) is 10.6. The average Bonchev–Trinajstić information content (AvgIpc) is 3.41. The number of nitrogens with zero attached hydrogens (tertiary/aromatic N) is 3. The standard InChI is InChI=1S/C20H29N3O/c1-20(15-22-11-9-21(10-12-22)13-18-7-8-18)16-23(19(20)24)14-17-5-3-2-4-6-17/h2-6,18H,7-16H2,1H3. The van der Waals surface area contributed by atoms with Crippen LogP contribution in [-0.2, 0) is 11.3 Å². The SMILES string of the molecule is CC1(CN2CCN(CC3CC3)CC2)CN(Cc2ccccc2)C1=O. The van der Waals surface area contributed by atoms with E-state index in [9.17, 15) is 4.79 Å². The Bertz CT molecular complexity index is 578. The van der Waals surface area contributed by atoms with Gasteiger partial charge in [-0.25, -0.2) is 0 Å². The topological polar surface area (TPSA) is 26.8 Å². The molecule has 2 saturated heterocycles. The van der Waals surface area contributed by atoms with E-state index in [4.69, 9.17) is 0 Å². The number of carbonyl (C=O) groups is 1. The number of likely N-dealkylation sites (tertiary alicyclic amines) is 1. The van der Waals surface area contributed by atoms with Crippen molar-refractivity contribution in [2.45, 2.75) is 26.3 Å². The van der Waals surface area contributed by atoms with Crippen LogP contribution in [0, 0.1) is 11.3 Å². The molecule has 0 spiro atoms. The lowest BCUT2D eigenvalue weighted by Crippen LogP contribution is -2.64. The van der Waals surface area contributed by atoms with Gasteiger partial charge < -0.3 is 9.80 Å². The van der Waals surface area contributed by atoms with Crippen LogP contribution in [0.25, 0.3) is 0 Å². The molecule has 0 N–H and O–H groups in total. The van der Waals surface area contributed by atoms with Gasteiger partial charge in [-0.2, -0.15) is 0 Å². The molecule has 130 valence electrons. The molecular formula is C20H29N3O. The second-order valence-electron chi connectivity index (χ2n) is 8.23. The zero-order chi connectivity index (χ0) is 16.6. The van der Waals surface area contributed by atoms with E-state index in [0.29, 0.717) is 5.91 Å². The largest absolute Gasteiger partial charge is 0.337 e. The quantitative estimate of drug-likeness (QED) is 0.749. The fourth-order valence-electron chi connectivity index (χ4n) is 4.19. The highest BCUT2D eigenvalue weighted by molar-refractivity contribution is 5.88. The molecule has 2 heterocycles. The van der Waals surface area contributed by atoms with Crippen LogP contribution in [0.1, 0.15) is 25.3 Å². The van der Waals surface area contributed by atoms with Crippen molar-refractivity contribution in [3.8, 4) is 0 Å². The molecule has 2 aliphatic heterocycles. The molecule has 3 aliphatic rings. The minimum Gasteiger partial charge on any atom is -0.337 e. The molecule has 4 nitrogen and oxygen atoms in total. The second-order valence-corrected chi connectivity index (χ2v) is 8.23. The maximum Gasteiger partial charge on any atom is 0.231 e. The van der Waals surface area contributed by atoms with Gasteiger partial charge in [0.1, 0.15) is 0 Å². The zero-order valence-corrected chi connectivity index (χ0v) is 14.8. The van der Waals surface area contributed by atoms with Crippen molar-refractivity contribution in [2.24, 2.45) is 11.3 Å². The van der Waals surface area contributed by atoms with Crippen molar-refractivity contribution in [1.29, 1.82) is 0 Å². The first-order valence-corrected chi connectivity index (χ1v) is 9.40. The van der Waals surface area contributed by atoms with E-state index in [1.165, 1.54) is 38.0 Å². The summed E-state index contributed by atoms with van der Waals surface area (Å²) in [7, 11) is 0. The molecule has 3 fully saturated rings. The zero-order valence-electron chi connectivity index (χ0n) is 14.8. The Hall–Kier alpha value is -1.39. The van der Waals surface area contributed by atoms with E-state index in [-0.39, 0.29) is 5.41 Å². The van der Waals surface area contributed by atoms with Gasteiger partial charge in [-0.15, -0.1) is 0 Å². The monoisotopic (exact) mass is 327 g/mol. The lowest BCUT2D eigenvalue weighted by atomic mass is 9.79. The number of benzene rings is 1. The fourth-order valence-corrected chi connectivity index (χ4v) is 4.19. The minimum atomic E-state index is -0.173. The average molecular weight is 327 g/mol. The summed E-state index contributed by atoms with van der Waals surface area (Å²) in [5, 5.41) is 0. The van der Waals surface area contributed by atoms with Crippen molar-refractivity contribution in [3.63, 3.8) is 0 Å². The van der Waals surface area contributed by atoms with Gasteiger partial charge in [-0.05, 0) is 31.2 Å². The number of amides is 1. The fraction of sp³-hybridized carbons (Fsp3) is 0.650. The van der Waals surface area contributed by atoms with E-state index >= 15 is 0 Å². The smallest absolute Gasteiger partial charge is 0.231 e. The Balaban J connectivity index is 1.24. The summed E-state index contributed by atoms with van der Waals surface area (Å²) >= 11 is 0. The van der Waals surface area contributed by atoms with Crippen LogP contribution < -0.4 is 0 Å². The Morgan fingerprint density at radius 2 is 1.71 bits per heavy atom. The van der Waals surface area contributed by atoms with Crippen LogP contribution in [0.5, 0.6) is 0 Å². The second kappa shape index (κ2) is 6.49. The lowest BCUT2D eigenvalue weighted by Gasteiger charge is -2.49. The summed E-state index contributed by atoms with van der Waals surface area (Å²) in [5.41, 5.74) is 1.05. The molecule has 24 heavy (non-hydrogen) atoms. The van der Waals surface area contributed by atoms with Crippen LogP contribution >= 0.6 is 0 Å². The molecule has 1 aromatic rings. The number of rotatable bonds is 6. The van der Waals surface area contributed by atoms with Crippen LogP contribution in [0.2, 0.25) is 0 Å². The normalized spacial score (nSPS) is 28.9. The molecule has 1 amide bonds. The van der Waals surface area contributed by atoms with Gasteiger partial charge in [0.05, 0.1) is 5.41 Å². The van der Waals surface area contributed by atoms with Crippen molar-refractivity contribution in [3.05, 3.63) is 35.9 Å². The highest BCUT2D eigenvalue weighted by Crippen LogP contribution is 2.34. The van der Waals surface area contributed by atoms with Gasteiger partial charge in [0.2, 0.25) is 5.91 Å². The molecule has 1 aliphatic carbocycles. The molecule has 1 atom stereocenters. The summed E-state index contributed by atoms with van der Waals surface area (Å²) < 4.78 is 0. The lowest BCUT2D eigenvalue weighted by molar-refractivity contribution is -0.161. The predicted molar refractivity (Wildman–Crippen MR) is 95.6 cm³/mol. The maximum absolute atomic E-state index is 12.7. The first kappa shape index (κ1) is 16.1. The van der Waals surface area contributed by atoms with Gasteiger partial charge in [0.25, 0.3) is 0 Å². The van der Waals surface area contributed by atoms with Crippen molar-refractivity contribution >= 4 is 5.91 Å². The Labute approximate surface area is 145 Å². The van der Waals surface area contributed by atoms with E-state index in [1.807, 2.05) is 23.1 Å². The van der Waals surface area contributed by atoms with Gasteiger partial charge in [0.15, 0.2) is 0 Å². The molecule has 1 saturated carbocycles. The van der Waals surface area contributed by atoms with Crippen LogP contribution in [0.4, 0.5) is 0 Å². The molecule has 0 bridgehead atoms. The van der Waals surface area contributed by atoms with Crippen LogP contribution in [0.15, 0.2) is 30.3 Å². The third kappa shape index (κ3) is 3.50. The molecule has 0 radical (unpaired) electrons. The van der Waals surface area contributed by atoms with Crippen molar-refractivity contribution in [2.75, 3.05) is 45.8 Å². The molecule has 0 aromatic heterocycles. The minimum absolute atomic E-state index is 0.173. The first-order valence-electron chi connectivity index (χ1n) is 9.40. The van der Waals surface area contributed by atoms with E-state index in [1.54, 1.807) is 0 Å². The summed E-state index contributed by atoms with van der Waals surface area (Å²) in [6, 6.07) is 10.3. The number of hydrogen-bond donors (Lipinski definition) is 0. The van der Waals surface area contributed by atoms with Gasteiger partial charge >= 0.3 is 0 Å². The number of carbonyl (C=O) groups excluding carboxylic acids is 1. The third-order valence-corrected chi connectivity index (χ3v) is 5.81. The molecular weight excluding hydrogens is 298 g/mol. The van der Waals surface area contributed by atoms with E-state index < -0.39 is 0 Å². The predicted octanol–water partition coefficient (Wildman–Crippen LogP) is 2.06.